The summed E-state index contributed by atoms with van der Waals surface area (Å²) in [7, 11) is 0. The van der Waals surface area contributed by atoms with Gasteiger partial charge in [-0.05, 0) is 63.8 Å². The van der Waals surface area contributed by atoms with Crippen molar-refractivity contribution in [2.75, 3.05) is 36.9 Å². The number of ether oxygens (including phenoxy) is 1. The molecule has 5 amide bonds. The zero-order chi connectivity index (χ0) is 22.2. The van der Waals surface area contributed by atoms with Gasteiger partial charge in [-0.1, -0.05) is 0 Å². The van der Waals surface area contributed by atoms with Crippen LogP contribution >= 0.6 is 0 Å². The monoisotopic (exact) mass is 431 g/mol. The Kier molecular flexibility index (Phi) is 8.11. The number of carbonyl (C=O) groups excluding carboxylic acids is 3. The van der Waals surface area contributed by atoms with Gasteiger partial charge < -0.3 is 30.9 Å². The molecule has 9 heteroatoms. The summed E-state index contributed by atoms with van der Waals surface area (Å²) in [5, 5.41) is 11.3. The average molecular weight is 432 g/mol. The maximum Gasteiger partial charge on any atom is 0.321 e. The Morgan fingerprint density at radius 1 is 1.06 bits per heavy atom. The summed E-state index contributed by atoms with van der Waals surface area (Å²) in [5.74, 6) is -0.213. The Labute approximate surface area is 183 Å². The van der Waals surface area contributed by atoms with Gasteiger partial charge in [0.25, 0.3) is 0 Å². The zero-order valence-corrected chi connectivity index (χ0v) is 18.3. The summed E-state index contributed by atoms with van der Waals surface area (Å²) in [4.78, 5) is 38.6. The highest BCUT2D eigenvalue weighted by Crippen LogP contribution is 2.19. The van der Waals surface area contributed by atoms with Crippen molar-refractivity contribution in [2.45, 2.75) is 51.7 Å². The van der Waals surface area contributed by atoms with Gasteiger partial charge >= 0.3 is 12.1 Å². The van der Waals surface area contributed by atoms with Crippen molar-refractivity contribution < 1.29 is 19.1 Å². The molecule has 4 N–H and O–H groups in total. The molecule has 0 aliphatic carbocycles. The average Bonchev–Trinajstić information content (AvgIpc) is 3.26. The summed E-state index contributed by atoms with van der Waals surface area (Å²) in [6.45, 7) is 6.10. The molecule has 2 fully saturated rings. The maximum absolute atomic E-state index is 12.7. The smallest absolute Gasteiger partial charge is 0.321 e. The van der Waals surface area contributed by atoms with E-state index in [1.807, 2.05) is 13.8 Å². The Morgan fingerprint density at radius 2 is 1.77 bits per heavy atom. The van der Waals surface area contributed by atoms with Gasteiger partial charge in [-0.25, -0.2) is 9.59 Å². The van der Waals surface area contributed by atoms with Crippen LogP contribution in [0.4, 0.5) is 21.0 Å². The second-order valence-electron chi connectivity index (χ2n) is 8.43. The molecule has 2 aliphatic rings. The van der Waals surface area contributed by atoms with E-state index in [1.54, 1.807) is 29.2 Å². The van der Waals surface area contributed by atoms with E-state index in [4.69, 9.17) is 4.74 Å². The third-order valence-corrected chi connectivity index (χ3v) is 5.42. The highest BCUT2D eigenvalue weighted by molar-refractivity contribution is 5.92. The first-order valence-corrected chi connectivity index (χ1v) is 11.0. The first-order valence-electron chi connectivity index (χ1n) is 11.0. The zero-order valence-electron chi connectivity index (χ0n) is 18.3. The van der Waals surface area contributed by atoms with E-state index < -0.39 is 0 Å². The molecule has 2 atom stereocenters. The highest BCUT2D eigenvalue weighted by atomic mass is 16.5. The van der Waals surface area contributed by atoms with Crippen LogP contribution < -0.4 is 21.3 Å². The number of piperidine rings is 1. The van der Waals surface area contributed by atoms with Gasteiger partial charge in [0.2, 0.25) is 5.91 Å². The lowest BCUT2D eigenvalue weighted by Crippen LogP contribution is -2.47. The molecule has 170 valence electrons. The number of amides is 5. The normalized spacial score (nSPS) is 20.9. The lowest BCUT2D eigenvalue weighted by Gasteiger charge is -2.32. The second kappa shape index (κ2) is 11.0. The number of likely N-dealkylation sites (tertiary alicyclic amines) is 1. The molecule has 1 aromatic carbocycles. The molecule has 1 aromatic rings. The van der Waals surface area contributed by atoms with Gasteiger partial charge in [0.1, 0.15) is 0 Å². The number of urea groups is 2. The highest BCUT2D eigenvalue weighted by Gasteiger charge is 2.29. The molecule has 31 heavy (non-hydrogen) atoms. The van der Waals surface area contributed by atoms with E-state index in [1.165, 1.54) is 0 Å². The number of nitrogens with one attached hydrogen (secondary N) is 4. The van der Waals surface area contributed by atoms with Crippen LogP contribution in [-0.4, -0.2) is 61.3 Å². The van der Waals surface area contributed by atoms with Gasteiger partial charge in [0, 0.05) is 43.7 Å². The van der Waals surface area contributed by atoms with Crippen LogP contribution in [-0.2, 0) is 9.53 Å². The number of nitrogens with zero attached hydrogens (tertiary/aromatic N) is 1. The van der Waals surface area contributed by atoms with Gasteiger partial charge in [-0.15, -0.1) is 0 Å². The number of rotatable bonds is 6. The van der Waals surface area contributed by atoms with Crippen molar-refractivity contribution >= 4 is 29.3 Å². The van der Waals surface area contributed by atoms with Crippen LogP contribution in [0.3, 0.4) is 0 Å². The van der Waals surface area contributed by atoms with E-state index >= 15 is 0 Å². The van der Waals surface area contributed by atoms with Gasteiger partial charge in [0.15, 0.2) is 0 Å². The van der Waals surface area contributed by atoms with Crippen LogP contribution in [0.15, 0.2) is 24.3 Å². The molecule has 0 bridgehead atoms. The minimum atomic E-state index is -0.274. The maximum atomic E-state index is 12.7. The second-order valence-corrected chi connectivity index (χ2v) is 8.43. The fraction of sp³-hybridized carbons (Fsp3) is 0.591. The third-order valence-electron chi connectivity index (χ3n) is 5.42. The molecular weight excluding hydrogens is 398 g/mol. The molecule has 0 radical (unpaired) electrons. The van der Waals surface area contributed by atoms with Crippen molar-refractivity contribution in [1.29, 1.82) is 0 Å². The molecule has 0 saturated carbocycles. The molecule has 0 aromatic heterocycles. The number of anilines is 2. The molecule has 0 unspecified atom stereocenters. The van der Waals surface area contributed by atoms with E-state index in [2.05, 4.69) is 21.3 Å². The summed E-state index contributed by atoms with van der Waals surface area (Å²) in [6, 6.07) is 6.47. The van der Waals surface area contributed by atoms with E-state index in [0.29, 0.717) is 31.0 Å². The topological polar surface area (TPSA) is 112 Å². The Hall–Kier alpha value is -2.81. The fourth-order valence-electron chi connectivity index (χ4n) is 3.81. The first kappa shape index (κ1) is 22.9. The van der Waals surface area contributed by atoms with Gasteiger partial charge in [-0.2, -0.15) is 0 Å². The minimum Gasteiger partial charge on any atom is -0.376 e. The lowest BCUT2D eigenvalue weighted by atomic mass is 9.97. The summed E-state index contributed by atoms with van der Waals surface area (Å²) in [6.07, 6.45) is 3.70. The molecule has 0 spiro atoms. The molecular formula is C22H33N5O4. The molecule has 2 aliphatic heterocycles. The van der Waals surface area contributed by atoms with Crippen LogP contribution in [0, 0.1) is 5.92 Å². The van der Waals surface area contributed by atoms with E-state index in [9.17, 15) is 14.4 Å². The predicted molar refractivity (Wildman–Crippen MR) is 119 cm³/mol. The van der Waals surface area contributed by atoms with E-state index in [0.717, 1.165) is 32.3 Å². The van der Waals surface area contributed by atoms with E-state index in [-0.39, 0.29) is 36.0 Å². The van der Waals surface area contributed by atoms with Crippen molar-refractivity contribution in [1.82, 2.24) is 15.5 Å². The fourth-order valence-corrected chi connectivity index (χ4v) is 3.81. The Bertz CT molecular complexity index is 762. The SMILES string of the molecule is CC(C)NC(=O)Nc1ccc(NC(=O)N2CCC[C@H](C(=O)NC[C@@H]3CCCO3)C2)cc1. The van der Waals surface area contributed by atoms with Crippen LogP contribution in [0.5, 0.6) is 0 Å². The molecule has 2 saturated heterocycles. The third kappa shape index (κ3) is 7.13. The summed E-state index contributed by atoms with van der Waals surface area (Å²) >= 11 is 0. The number of carbonyl (C=O) groups is 3. The van der Waals surface area contributed by atoms with Crippen molar-refractivity contribution in [2.24, 2.45) is 5.92 Å². The Balaban J connectivity index is 1.45. The van der Waals surface area contributed by atoms with Gasteiger partial charge in [0.05, 0.1) is 12.0 Å². The van der Waals surface area contributed by atoms with Crippen LogP contribution in [0.1, 0.15) is 39.5 Å². The minimum absolute atomic E-state index is 0.0110. The molecule has 3 rings (SSSR count). The largest absolute Gasteiger partial charge is 0.376 e. The molecule has 2 heterocycles. The lowest BCUT2D eigenvalue weighted by molar-refractivity contribution is -0.126. The van der Waals surface area contributed by atoms with Crippen molar-refractivity contribution in [3.63, 3.8) is 0 Å². The van der Waals surface area contributed by atoms with Crippen LogP contribution in [0.2, 0.25) is 0 Å². The number of benzene rings is 1. The number of hydrogen-bond donors (Lipinski definition) is 4. The summed E-state index contributed by atoms with van der Waals surface area (Å²) in [5.41, 5.74) is 1.27. The van der Waals surface area contributed by atoms with Gasteiger partial charge in [-0.3, -0.25) is 4.79 Å². The molecule has 9 nitrogen and oxygen atoms in total. The summed E-state index contributed by atoms with van der Waals surface area (Å²) < 4.78 is 5.55. The van der Waals surface area contributed by atoms with Crippen LogP contribution in [0.25, 0.3) is 0 Å². The number of hydrogen-bond acceptors (Lipinski definition) is 4. The predicted octanol–water partition coefficient (Wildman–Crippen LogP) is 2.76. The van der Waals surface area contributed by atoms with Crippen molar-refractivity contribution in [3.8, 4) is 0 Å². The quantitative estimate of drug-likeness (QED) is 0.555. The van der Waals surface area contributed by atoms with Crippen molar-refractivity contribution in [3.05, 3.63) is 24.3 Å². The first-order chi connectivity index (χ1) is 14.9. The Morgan fingerprint density at radius 3 is 2.42 bits per heavy atom. The standard InChI is InChI=1S/C22H33N5O4/c1-15(2)24-21(29)25-17-7-9-18(10-8-17)26-22(30)27-11-3-5-16(14-27)20(28)23-13-19-6-4-12-31-19/h7-10,15-16,19H,3-6,11-14H2,1-2H3,(H,23,28)(H,26,30)(H2,24,25,29)/t16-,19-/m0/s1.